The number of unbranched alkanes of at least 4 members (excludes halogenated alkanes) is 2. The molecule has 1 fully saturated rings. The minimum atomic E-state index is -0.581. The SMILES string of the molecule is CCCCCC1(C)OOC(C)(C)CC(C)O1. The maximum Gasteiger partial charge on any atom is 0.199 e. The van der Waals surface area contributed by atoms with Gasteiger partial charge in [0.1, 0.15) is 5.60 Å². The fraction of sp³-hybridized carbons (Fsp3) is 1.00. The highest BCUT2D eigenvalue weighted by atomic mass is 17.2. The molecule has 1 aliphatic rings. The molecule has 0 spiro atoms. The molecule has 0 N–H and O–H groups in total. The molecule has 3 heteroatoms. The second-order valence-electron chi connectivity index (χ2n) is 5.65. The van der Waals surface area contributed by atoms with Crippen LogP contribution in [0.25, 0.3) is 0 Å². The predicted octanol–water partition coefficient (Wildman–Crippen LogP) is 3.82. The van der Waals surface area contributed by atoms with Gasteiger partial charge in [-0.2, -0.15) is 0 Å². The topological polar surface area (TPSA) is 27.7 Å². The van der Waals surface area contributed by atoms with Crippen LogP contribution in [0, 0.1) is 0 Å². The van der Waals surface area contributed by atoms with Crippen molar-refractivity contribution < 1.29 is 14.5 Å². The summed E-state index contributed by atoms with van der Waals surface area (Å²) in [5.74, 6) is -0.581. The van der Waals surface area contributed by atoms with Crippen molar-refractivity contribution in [1.29, 1.82) is 0 Å². The Morgan fingerprint density at radius 2 is 1.81 bits per heavy atom. The third-order valence-electron chi connectivity index (χ3n) is 2.91. The second kappa shape index (κ2) is 5.48. The number of hydrogen-bond donors (Lipinski definition) is 0. The summed E-state index contributed by atoms with van der Waals surface area (Å²) in [5, 5.41) is 0. The molecule has 0 saturated carbocycles. The Kier molecular flexibility index (Phi) is 4.77. The Bertz CT molecular complexity index is 215. The van der Waals surface area contributed by atoms with E-state index in [1.165, 1.54) is 12.8 Å². The van der Waals surface area contributed by atoms with Crippen LogP contribution in [-0.2, 0) is 14.5 Å². The van der Waals surface area contributed by atoms with E-state index in [0.29, 0.717) is 0 Å². The molecule has 0 aromatic heterocycles. The molecule has 1 aliphatic heterocycles. The van der Waals surface area contributed by atoms with E-state index in [-0.39, 0.29) is 11.7 Å². The Balaban J connectivity index is 2.53. The molecule has 2 unspecified atom stereocenters. The standard InChI is InChI=1S/C13H26O3/c1-6-7-8-9-13(5)14-11(2)10-12(3,4)15-16-13/h11H,6-10H2,1-5H3. The number of ether oxygens (including phenoxy) is 1. The lowest BCUT2D eigenvalue weighted by Gasteiger charge is -2.28. The quantitative estimate of drug-likeness (QED) is 0.543. The molecule has 0 bridgehead atoms. The van der Waals surface area contributed by atoms with E-state index in [2.05, 4.69) is 13.8 Å². The zero-order valence-electron chi connectivity index (χ0n) is 11.3. The zero-order valence-corrected chi connectivity index (χ0v) is 11.3. The van der Waals surface area contributed by atoms with Crippen LogP contribution in [0.4, 0.5) is 0 Å². The number of rotatable bonds is 4. The van der Waals surface area contributed by atoms with Crippen molar-refractivity contribution >= 4 is 0 Å². The Labute approximate surface area is 99.4 Å². The maximum absolute atomic E-state index is 5.93. The highest BCUT2D eigenvalue weighted by molar-refractivity contribution is 4.76. The lowest BCUT2D eigenvalue weighted by molar-refractivity contribution is -0.443. The highest BCUT2D eigenvalue weighted by Crippen LogP contribution is 2.32. The number of hydrogen-bond acceptors (Lipinski definition) is 3. The predicted molar refractivity (Wildman–Crippen MR) is 64.0 cm³/mol. The van der Waals surface area contributed by atoms with Crippen LogP contribution < -0.4 is 0 Å². The van der Waals surface area contributed by atoms with Gasteiger partial charge >= 0.3 is 0 Å². The first kappa shape index (κ1) is 13.9. The monoisotopic (exact) mass is 230 g/mol. The molecule has 0 aromatic carbocycles. The summed E-state index contributed by atoms with van der Waals surface area (Å²) < 4.78 is 5.93. The summed E-state index contributed by atoms with van der Waals surface area (Å²) >= 11 is 0. The summed E-state index contributed by atoms with van der Waals surface area (Å²) in [6, 6.07) is 0. The van der Waals surface area contributed by atoms with Gasteiger partial charge in [0.25, 0.3) is 0 Å². The first-order valence-electron chi connectivity index (χ1n) is 6.41. The first-order valence-corrected chi connectivity index (χ1v) is 6.41. The third-order valence-corrected chi connectivity index (χ3v) is 2.91. The fourth-order valence-corrected chi connectivity index (χ4v) is 2.21. The van der Waals surface area contributed by atoms with Crippen LogP contribution in [0.2, 0.25) is 0 Å². The van der Waals surface area contributed by atoms with E-state index >= 15 is 0 Å². The summed E-state index contributed by atoms with van der Waals surface area (Å²) in [6.45, 7) is 10.3. The first-order chi connectivity index (χ1) is 7.37. The highest BCUT2D eigenvalue weighted by Gasteiger charge is 2.38. The molecule has 0 radical (unpaired) electrons. The van der Waals surface area contributed by atoms with Crippen molar-refractivity contribution in [1.82, 2.24) is 0 Å². The molecule has 3 nitrogen and oxygen atoms in total. The summed E-state index contributed by atoms with van der Waals surface area (Å²) in [5.41, 5.74) is -0.262. The van der Waals surface area contributed by atoms with E-state index in [4.69, 9.17) is 14.5 Å². The van der Waals surface area contributed by atoms with Gasteiger partial charge in [-0.15, -0.1) is 0 Å². The van der Waals surface area contributed by atoms with Crippen LogP contribution in [0.3, 0.4) is 0 Å². The smallest absolute Gasteiger partial charge is 0.199 e. The average Bonchev–Trinajstić information content (AvgIpc) is 2.23. The normalized spacial score (nSPS) is 34.7. The zero-order chi connectivity index (χ0) is 12.2. The van der Waals surface area contributed by atoms with E-state index in [1.54, 1.807) is 0 Å². The van der Waals surface area contributed by atoms with Gasteiger partial charge in [0.2, 0.25) is 0 Å². The summed E-state index contributed by atoms with van der Waals surface area (Å²) in [4.78, 5) is 11.0. The Hall–Kier alpha value is -0.120. The van der Waals surface area contributed by atoms with Crippen LogP contribution in [-0.4, -0.2) is 17.5 Å². The van der Waals surface area contributed by atoms with Crippen molar-refractivity contribution in [3.8, 4) is 0 Å². The fourth-order valence-electron chi connectivity index (χ4n) is 2.21. The van der Waals surface area contributed by atoms with E-state index in [0.717, 1.165) is 19.3 Å². The molecular formula is C13H26O3. The van der Waals surface area contributed by atoms with E-state index < -0.39 is 5.79 Å². The molecule has 1 heterocycles. The average molecular weight is 230 g/mol. The lowest BCUT2D eigenvalue weighted by Crippen LogP contribution is -2.33. The van der Waals surface area contributed by atoms with Gasteiger partial charge in [-0.05, 0) is 34.1 Å². The van der Waals surface area contributed by atoms with Crippen LogP contribution >= 0.6 is 0 Å². The van der Waals surface area contributed by atoms with Gasteiger partial charge in [0.15, 0.2) is 5.79 Å². The Morgan fingerprint density at radius 3 is 2.44 bits per heavy atom. The van der Waals surface area contributed by atoms with Gasteiger partial charge in [0, 0.05) is 12.8 Å². The molecule has 0 aromatic rings. The molecule has 1 rings (SSSR count). The van der Waals surface area contributed by atoms with E-state index in [9.17, 15) is 0 Å². The maximum atomic E-state index is 5.93. The van der Waals surface area contributed by atoms with Crippen molar-refractivity contribution in [3.63, 3.8) is 0 Å². The largest absolute Gasteiger partial charge is 0.344 e. The second-order valence-corrected chi connectivity index (χ2v) is 5.65. The van der Waals surface area contributed by atoms with Gasteiger partial charge in [-0.3, -0.25) is 0 Å². The minimum Gasteiger partial charge on any atom is -0.344 e. The van der Waals surface area contributed by atoms with Gasteiger partial charge in [0.05, 0.1) is 6.10 Å². The molecule has 1 saturated heterocycles. The molecule has 0 amide bonds. The lowest BCUT2D eigenvalue weighted by atomic mass is 10.0. The summed E-state index contributed by atoms with van der Waals surface area (Å²) in [6.07, 6.45) is 5.45. The van der Waals surface area contributed by atoms with Gasteiger partial charge in [-0.25, -0.2) is 9.78 Å². The van der Waals surface area contributed by atoms with Crippen molar-refractivity contribution in [2.45, 2.75) is 84.2 Å². The van der Waals surface area contributed by atoms with Crippen LogP contribution in [0.5, 0.6) is 0 Å². The molecular weight excluding hydrogens is 204 g/mol. The van der Waals surface area contributed by atoms with Crippen LogP contribution in [0.15, 0.2) is 0 Å². The Morgan fingerprint density at radius 1 is 1.12 bits per heavy atom. The van der Waals surface area contributed by atoms with Crippen molar-refractivity contribution in [3.05, 3.63) is 0 Å². The molecule has 0 aliphatic carbocycles. The minimum absolute atomic E-state index is 0.170. The third kappa shape index (κ3) is 4.40. The molecule has 2 atom stereocenters. The van der Waals surface area contributed by atoms with Gasteiger partial charge in [-0.1, -0.05) is 19.8 Å². The van der Waals surface area contributed by atoms with Gasteiger partial charge < -0.3 is 4.74 Å². The van der Waals surface area contributed by atoms with Crippen molar-refractivity contribution in [2.24, 2.45) is 0 Å². The van der Waals surface area contributed by atoms with Crippen LogP contribution in [0.1, 0.15) is 66.7 Å². The van der Waals surface area contributed by atoms with Crippen molar-refractivity contribution in [2.75, 3.05) is 0 Å². The molecule has 16 heavy (non-hydrogen) atoms. The molecule has 96 valence electrons. The van der Waals surface area contributed by atoms with E-state index in [1.807, 2.05) is 20.8 Å². The summed E-state index contributed by atoms with van der Waals surface area (Å²) in [7, 11) is 0.